The monoisotopic (exact) mass is 344 g/mol. The van der Waals surface area contributed by atoms with Crippen LogP contribution in [0.1, 0.15) is 59.3 Å². The van der Waals surface area contributed by atoms with E-state index in [9.17, 15) is 14.4 Å². The normalized spacial score (nSPS) is 10.8. The van der Waals surface area contributed by atoms with Crippen LogP contribution in [-0.4, -0.2) is 17.9 Å². The quantitative estimate of drug-likeness (QED) is 0.598. The minimum atomic E-state index is -4.69. The molecule has 0 spiro atoms. The third kappa shape index (κ3) is 8.56. The predicted octanol–water partition coefficient (Wildman–Crippen LogP) is 3.07. The van der Waals surface area contributed by atoms with Crippen LogP contribution >= 0.6 is 9.30 Å². The van der Waals surface area contributed by atoms with Crippen molar-refractivity contribution in [1.29, 1.82) is 0 Å². The fraction of sp³-hybridized carbons (Fsp3) is 0.750. The maximum absolute atomic E-state index is 11.5. The van der Waals surface area contributed by atoms with E-state index in [1.807, 2.05) is 0 Å². The molecule has 20 heavy (non-hydrogen) atoms. The number of halogens is 1. The zero-order valence-corrected chi connectivity index (χ0v) is 14.4. The summed E-state index contributed by atoms with van der Waals surface area (Å²) in [6.07, 6.45) is 2.03. The molecule has 6 nitrogen and oxygen atoms in total. The molecule has 0 unspecified atom stereocenters. The number of rotatable bonds is 9. The summed E-state index contributed by atoms with van der Waals surface area (Å²) in [6, 6.07) is 0. The van der Waals surface area contributed by atoms with Gasteiger partial charge in [-0.15, -0.1) is 0 Å². The molecule has 0 saturated carbocycles. The molecule has 0 aliphatic rings. The first-order valence-electron chi connectivity index (χ1n) is 6.71. The first kappa shape index (κ1) is 19.4. The van der Waals surface area contributed by atoms with E-state index in [1.54, 1.807) is 20.8 Å². The van der Waals surface area contributed by atoms with E-state index in [0.29, 0.717) is 19.3 Å². The fourth-order valence-electron chi connectivity index (χ4n) is 1.24. The third-order valence-corrected chi connectivity index (χ3v) is 5.23. The Morgan fingerprint density at radius 1 is 0.750 bits per heavy atom. The van der Waals surface area contributed by atoms with E-state index in [0.717, 1.165) is 0 Å². The summed E-state index contributed by atoms with van der Waals surface area (Å²) in [6.45, 7) is 5.36. The molecular weight excluding hydrogens is 323 g/mol. The van der Waals surface area contributed by atoms with E-state index >= 15 is 0 Å². The van der Waals surface area contributed by atoms with Gasteiger partial charge in [-0.2, -0.15) is 0 Å². The van der Waals surface area contributed by atoms with Crippen molar-refractivity contribution in [2.24, 2.45) is 0 Å². The Hall–Kier alpha value is -0.586. The molecule has 0 fully saturated rings. The van der Waals surface area contributed by atoms with Gasteiger partial charge in [-0.3, -0.25) is 0 Å². The van der Waals surface area contributed by atoms with Crippen LogP contribution in [0.15, 0.2) is 0 Å². The molecule has 0 rings (SSSR count). The molecule has 0 heterocycles. The number of carbonyl (C=O) groups excluding carboxylic acids is 3. The van der Waals surface area contributed by atoms with Crippen LogP contribution in [-0.2, 0) is 41.0 Å². The molecule has 0 aliphatic carbocycles. The standard InChI is InChI=1S/3C4H8O2.ClH.Ti/c3*1-2-3-4(5)6;;/h3*2-3H2,1H3,(H,5,6);1H;/q;;;;+4/p-4. The Labute approximate surface area is 127 Å². The summed E-state index contributed by atoms with van der Waals surface area (Å²) < 4.78 is 14.8. The van der Waals surface area contributed by atoms with E-state index in [2.05, 4.69) is 0 Å². The zero-order valence-electron chi connectivity index (χ0n) is 12.1. The Morgan fingerprint density at radius 3 is 1.20 bits per heavy atom. The van der Waals surface area contributed by atoms with Crippen molar-refractivity contribution >= 4 is 27.2 Å². The van der Waals surface area contributed by atoms with E-state index < -0.39 is 34.6 Å². The van der Waals surface area contributed by atoms with Crippen LogP contribution in [0.25, 0.3) is 0 Å². The second kappa shape index (κ2) is 10.2. The molecular formula is C12H21ClO6Ti. The van der Waals surface area contributed by atoms with Gasteiger partial charge in [0.25, 0.3) is 0 Å². The van der Waals surface area contributed by atoms with E-state index in [4.69, 9.17) is 19.3 Å². The number of hydrogen-bond donors (Lipinski definition) is 0. The van der Waals surface area contributed by atoms with Crippen LogP contribution in [0.4, 0.5) is 0 Å². The van der Waals surface area contributed by atoms with Crippen LogP contribution in [0.2, 0.25) is 0 Å². The van der Waals surface area contributed by atoms with Crippen molar-refractivity contribution in [2.45, 2.75) is 59.3 Å². The first-order chi connectivity index (χ1) is 9.36. The molecule has 8 heteroatoms. The van der Waals surface area contributed by atoms with Crippen molar-refractivity contribution < 1.29 is 41.0 Å². The molecule has 0 atom stereocenters. The Morgan fingerprint density at radius 2 is 1.00 bits per heavy atom. The van der Waals surface area contributed by atoms with Crippen LogP contribution in [0, 0.1) is 0 Å². The van der Waals surface area contributed by atoms with Crippen molar-refractivity contribution in [1.82, 2.24) is 0 Å². The van der Waals surface area contributed by atoms with E-state index in [-0.39, 0.29) is 19.3 Å². The molecule has 0 aromatic heterocycles. The van der Waals surface area contributed by atoms with Crippen LogP contribution < -0.4 is 0 Å². The Kier molecular flexibility index (Phi) is 9.89. The molecule has 0 aromatic carbocycles. The fourth-order valence-corrected chi connectivity index (χ4v) is 4.25. The van der Waals surface area contributed by atoms with Crippen molar-refractivity contribution in [2.75, 3.05) is 0 Å². The van der Waals surface area contributed by atoms with Gasteiger partial charge in [0, 0.05) is 0 Å². The van der Waals surface area contributed by atoms with Crippen molar-refractivity contribution in [3.8, 4) is 0 Å². The molecule has 0 N–H and O–H groups in total. The molecule has 0 aromatic rings. The Bertz CT molecular complexity index is 297. The molecule has 0 radical (unpaired) electrons. The van der Waals surface area contributed by atoms with Crippen LogP contribution in [0.3, 0.4) is 0 Å². The molecule has 0 saturated heterocycles. The van der Waals surface area contributed by atoms with Gasteiger partial charge >= 0.3 is 128 Å². The van der Waals surface area contributed by atoms with Gasteiger partial charge in [0.2, 0.25) is 0 Å². The van der Waals surface area contributed by atoms with Gasteiger partial charge in [-0.25, -0.2) is 0 Å². The molecule has 116 valence electrons. The summed E-state index contributed by atoms with van der Waals surface area (Å²) >= 11 is -4.69. The average molecular weight is 345 g/mol. The number of carbonyl (C=O) groups is 3. The first-order valence-corrected chi connectivity index (χ1v) is 10.8. The van der Waals surface area contributed by atoms with Gasteiger partial charge in [-0.1, -0.05) is 0 Å². The predicted molar refractivity (Wildman–Crippen MR) is 68.9 cm³/mol. The summed E-state index contributed by atoms with van der Waals surface area (Å²) in [4.78, 5) is 34.5. The summed E-state index contributed by atoms with van der Waals surface area (Å²) in [5, 5.41) is 0. The molecule has 0 aliphatic heterocycles. The average Bonchev–Trinajstić information content (AvgIpc) is 2.28. The molecule has 0 amide bonds. The third-order valence-electron chi connectivity index (χ3n) is 2.07. The summed E-state index contributed by atoms with van der Waals surface area (Å²) in [5.41, 5.74) is 0. The number of hydrogen-bond acceptors (Lipinski definition) is 6. The minimum absolute atomic E-state index is 0.121. The Balaban J connectivity index is 4.77. The van der Waals surface area contributed by atoms with Crippen molar-refractivity contribution in [3.63, 3.8) is 0 Å². The van der Waals surface area contributed by atoms with Crippen molar-refractivity contribution in [3.05, 3.63) is 0 Å². The van der Waals surface area contributed by atoms with Gasteiger partial charge in [0.05, 0.1) is 0 Å². The van der Waals surface area contributed by atoms with Crippen LogP contribution in [0.5, 0.6) is 0 Å². The van der Waals surface area contributed by atoms with Gasteiger partial charge < -0.3 is 0 Å². The van der Waals surface area contributed by atoms with Gasteiger partial charge in [0.1, 0.15) is 0 Å². The van der Waals surface area contributed by atoms with E-state index in [1.165, 1.54) is 0 Å². The SMILES string of the molecule is CCCC(=O)[O][Ti]([Cl])([O]C(=O)CCC)[O]C(=O)CCC. The zero-order chi connectivity index (χ0) is 15.6. The maximum atomic E-state index is 11.5. The summed E-state index contributed by atoms with van der Waals surface area (Å²) in [7, 11) is 5.99. The van der Waals surface area contributed by atoms with Gasteiger partial charge in [0.15, 0.2) is 0 Å². The molecule has 0 bridgehead atoms. The summed E-state index contributed by atoms with van der Waals surface area (Å²) in [5.74, 6) is -1.89. The van der Waals surface area contributed by atoms with Gasteiger partial charge in [-0.05, 0) is 0 Å². The second-order valence-corrected chi connectivity index (χ2v) is 8.52. The topological polar surface area (TPSA) is 78.9 Å². The second-order valence-electron chi connectivity index (χ2n) is 4.15.